The highest BCUT2D eigenvalue weighted by atomic mass is 32.1. The molecule has 64 valence electrons. The lowest BCUT2D eigenvalue weighted by molar-refractivity contribution is 0.112. The van der Waals surface area contributed by atoms with Crippen LogP contribution in [0.5, 0.6) is 0 Å². The first kappa shape index (κ1) is 12.9. The highest BCUT2D eigenvalue weighted by molar-refractivity contribution is 6.99. The second-order valence-electron chi connectivity index (χ2n) is 0.950. The van der Waals surface area contributed by atoms with E-state index in [9.17, 15) is 4.79 Å². The Bertz CT molecular complexity index is 151. The summed E-state index contributed by atoms with van der Waals surface area (Å²) in [4.78, 5) is 9.77. The molecular weight excluding hydrogens is 160 g/mol. The van der Waals surface area contributed by atoms with Crippen LogP contribution in [0, 0.1) is 0 Å². The minimum absolute atomic E-state index is 0.407. The van der Waals surface area contributed by atoms with E-state index < -0.39 is 0 Å². The molecule has 0 bridgehead atoms. The molecule has 0 unspecified atom stereocenters. The molecule has 0 fully saturated rings. The molecule has 0 aromatic carbocycles. The summed E-state index contributed by atoms with van der Waals surface area (Å²) < 4.78 is 7.19. The molecule has 0 N–H and O–H groups in total. The molecule has 0 saturated carbocycles. The van der Waals surface area contributed by atoms with Gasteiger partial charge in [-0.05, 0) is 0 Å². The highest BCUT2D eigenvalue weighted by Gasteiger charge is 1.86. The van der Waals surface area contributed by atoms with E-state index in [0.717, 1.165) is 11.7 Å². The van der Waals surface area contributed by atoms with Crippen molar-refractivity contribution in [1.82, 2.24) is 8.75 Å². The minimum Gasteiger partial charge on any atom is -0.296 e. The van der Waals surface area contributed by atoms with Crippen molar-refractivity contribution in [3.8, 4) is 0 Å². The van der Waals surface area contributed by atoms with Crippen LogP contribution in [0.1, 0.15) is 38.2 Å². The van der Waals surface area contributed by atoms with E-state index in [0.29, 0.717) is 12.0 Å². The van der Waals surface area contributed by atoms with Crippen LogP contribution in [-0.2, 0) is 0 Å². The smallest absolute Gasteiger partial charge is 0.171 e. The first-order chi connectivity index (χ1) is 5.43. The third-order valence-corrected chi connectivity index (χ3v) is 0.991. The summed E-state index contributed by atoms with van der Waals surface area (Å²) in [5.74, 6) is 0. The Morgan fingerprint density at radius 2 is 1.91 bits per heavy atom. The molecule has 0 aliphatic heterocycles. The zero-order valence-corrected chi connectivity index (χ0v) is 8.18. The molecule has 0 saturated heterocycles. The lowest BCUT2D eigenvalue weighted by atomic mass is 10.6. The van der Waals surface area contributed by atoms with Gasteiger partial charge in [-0.2, -0.15) is 8.75 Å². The molecule has 0 radical (unpaired) electrons. The Morgan fingerprint density at radius 1 is 1.36 bits per heavy atom. The molecule has 0 amide bonds. The van der Waals surface area contributed by atoms with Gasteiger partial charge in [0.1, 0.15) is 5.69 Å². The van der Waals surface area contributed by atoms with Crippen molar-refractivity contribution in [3.63, 3.8) is 0 Å². The lowest BCUT2D eigenvalue weighted by Crippen LogP contribution is -1.71. The normalized spacial score (nSPS) is 6.55. The molecule has 1 heterocycles. The van der Waals surface area contributed by atoms with Gasteiger partial charge < -0.3 is 0 Å². The van der Waals surface area contributed by atoms with Gasteiger partial charge in [0.25, 0.3) is 0 Å². The molecule has 0 spiro atoms. The Balaban J connectivity index is 0. The SMILES string of the molecule is CC.CC.O=Cc1cnsn1. The van der Waals surface area contributed by atoms with Crippen LogP contribution in [-0.4, -0.2) is 15.0 Å². The predicted octanol–water partition coefficient (Wildman–Crippen LogP) is 2.40. The molecular formula is C7H14N2OS. The van der Waals surface area contributed by atoms with Crippen LogP contribution in [0.2, 0.25) is 0 Å². The Labute approximate surface area is 71.8 Å². The van der Waals surface area contributed by atoms with Crippen molar-refractivity contribution in [2.45, 2.75) is 27.7 Å². The number of nitrogens with zero attached hydrogens (tertiary/aromatic N) is 2. The van der Waals surface area contributed by atoms with Gasteiger partial charge in [0.2, 0.25) is 0 Å². The van der Waals surface area contributed by atoms with Crippen LogP contribution in [0.15, 0.2) is 6.20 Å². The number of aromatic nitrogens is 2. The summed E-state index contributed by atoms with van der Waals surface area (Å²) in [6, 6.07) is 0. The third-order valence-electron chi connectivity index (χ3n) is 0.499. The Hall–Kier alpha value is -0.770. The van der Waals surface area contributed by atoms with Crippen molar-refractivity contribution in [1.29, 1.82) is 0 Å². The lowest BCUT2D eigenvalue weighted by Gasteiger charge is -1.62. The Kier molecular flexibility index (Phi) is 14.0. The van der Waals surface area contributed by atoms with Gasteiger partial charge in [0.05, 0.1) is 17.9 Å². The first-order valence-corrected chi connectivity index (χ1v) is 4.39. The molecule has 0 aliphatic rings. The number of hydrogen-bond acceptors (Lipinski definition) is 4. The topological polar surface area (TPSA) is 42.9 Å². The van der Waals surface area contributed by atoms with Gasteiger partial charge >= 0.3 is 0 Å². The average Bonchev–Trinajstić information content (AvgIpc) is 2.63. The highest BCUT2D eigenvalue weighted by Crippen LogP contribution is 1.87. The van der Waals surface area contributed by atoms with Gasteiger partial charge in [0, 0.05) is 0 Å². The maximum atomic E-state index is 9.77. The van der Waals surface area contributed by atoms with Gasteiger partial charge in [0.15, 0.2) is 6.29 Å². The number of aldehydes is 1. The van der Waals surface area contributed by atoms with Crippen LogP contribution in [0.4, 0.5) is 0 Å². The number of carbonyl (C=O) groups excluding carboxylic acids is 1. The molecule has 4 heteroatoms. The fourth-order valence-electron chi connectivity index (χ4n) is 0.224. The summed E-state index contributed by atoms with van der Waals surface area (Å²) in [5, 5.41) is 0. The molecule has 1 rings (SSSR count). The van der Waals surface area contributed by atoms with Gasteiger partial charge in [-0.1, -0.05) is 27.7 Å². The molecule has 1 aromatic rings. The molecule has 11 heavy (non-hydrogen) atoms. The van der Waals surface area contributed by atoms with Crippen LogP contribution in [0.25, 0.3) is 0 Å². The molecule has 3 nitrogen and oxygen atoms in total. The quantitative estimate of drug-likeness (QED) is 0.614. The van der Waals surface area contributed by atoms with Gasteiger partial charge in [-0.15, -0.1) is 0 Å². The second kappa shape index (κ2) is 12.0. The molecule has 0 atom stereocenters. The van der Waals surface area contributed by atoms with Crippen molar-refractivity contribution in [2.75, 3.05) is 0 Å². The largest absolute Gasteiger partial charge is 0.296 e. The second-order valence-corrected chi connectivity index (χ2v) is 1.51. The molecule has 0 aliphatic carbocycles. The summed E-state index contributed by atoms with van der Waals surface area (Å²) in [6.07, 6.45) is 2.10. The van der Waals surface area contributed by atoms with E-state index in [-0.39, 0.29) is 0 Å². The van der Waals surface area contributed by atoms with E-state index in [2.05, 4.69) is 8.75 Å². The van der Waals surface area contributed by atoms with Crippen molar-refractivity contribution >= 4 is 18.0 Å². The minimum atomic E-state index is 0.407. The van der Waals surface area contributed by atoms with Crippen molar-refractivity contribution in [3.05, 3.63) is 11.9 Å². The zero-order chi connectivity index (χ0) is 9.11. The van der Waals surface area contributed by atoms with Crippen LogP contribution in [0.3, 0.4) is 0 Å². The van der Waals surface area contributed by atoms with Crippen molar-refractivity contribution < 1.29 is 4.79 Å². The van der Waals surface area contributed by atoms with Crippen LogP contribution >= 0.6 is 11.7 Å². The van der Waals surface area contributed by atoms with E-state index in [1.807, 2.05) is 27.7 Å². The maximum absolute atomic E-state index is 9.77. The van der Waals surface area contributed by atoms with Gasteiger partial charge in [-0.3, -0.25) is 4.79 Å². The van der Waals surface area contributed by atoms with Gasteiger partial charge in [-0.25, -0.2) is 0 Å². The average molecular weight is 174 g/mol. The maximum Gasteiger partial charge on any atom is 0.171 e. The summed E-state index contributed by atoms with van der Waals surface area (Å²) in [5.41, 5.74) is 0.407. The summed E-state index contributed by atoms with van der Waals surface area (Å²) in [6.45, 7) is 8.00. The fraction of sp³-hybridized carbons (Fsp3) is 0.571. The number of carbonyl (C=O) groups is 1. The molecule has 1 aromatic heterocycles. The summed E-state index contributed by atoms with van der Waals surface area (Å²) >= 11 is 1.03. The van der Waals surface area contributed by atoms with Crippen LogP contribution < -0.4 is 0 Å². The third kappa shape index (κ3) is 7.12. The van der Waals surface area contributed by atoms with E-state index in [1.54, 1.807) is 0 Å². The first-order valence-electron chi connectivity index (χ1n) is 3.66. The van der Waals surface area contributed by atoms with E-state index >= 15 is 0 Å². The number of rotatable bonds is 1. The van der Waals surface area contributed by atoms with Crippen molar-refractivity contribution in [2.24, 2.45) is 0 Å². The van der Waals surface area contributed by atoms with E-state index in [4.69, 9.17) is 0 Å². The fourth-order valence-corrected chi connectivity index (χ4v) is 0.611. The summed E-state index contributed by atoms with van der Waals surface area (Å²) in [7, 11) is 0. The number of hydrogen-bond donors (Lipinski definition) is 0. The van der Waals surface area contributed by atoms with E-state index in [1.165, 1.54) is 6.20 Å². The Morgan fingerprint density at radius 3 is 2.09 bits per heavy atom. The predicted molar refractivity (Wildman–Crippen MR) is 48.0 cm³/mol. The standard InChI is InChI=1S/C3H2N2OS.2C2H6/c6-2-3-1-4-7-5-3;2*1-2/h1-2H;2*1-2H3. The zero-order valence-electron chi connectivity index (χ0n) is 7.37. The monoisotopic (exact) mass is 174 g/mol.